The molecule has 2 aromatic carbocycles. The maximum Gasteiger partial charge on any atom is 0.407 e. The summed E-state index contributed by atoms with van der Waals surface area (Å²) in [4.78, 5) is 25.0. The SMILES string of the molecule is CCCCOCC1(C)C([C@@H](OC(C)=O)[C@H](O)OCCCNC(=O)OCC2c3ccccc3-c3ccccc32)[C@@H](OCCCC)[C@@H]1OCCCC. The van der Waals surface area contributed by atoms with E-state index >= 15 is 0 Å². The molecule has 0 saturated heterocycles. The summed E-state index contributed by atoms with van der Waals surface area (Å²) in [6.45, 7) is 12.4. The Hall–Kier alpha value is -3.02. The van der Waals surface area contributed by atoms with Crippen molar-refractivity contribution < 1.29 is 43.1 Å². The predicted molar refractivity (Wildman–Crippen MR) is 192 cm³/mol. The first kappa shape index (κ1) is 39.8. The smallest absolute Gasteiger partial charge is 0.407 e. The molecule has 1 saturated carbocycles. The Morgan fingerprint density at radius 1 is 0.840 bits per heavy atom. The van der Waals surface area contributed by atoms with Crippen LogP contribution < -0.4 is 5.32 Å². The number of alkyl carbamates (subject to hydrolysis) is 1. The van der Waals surface area contributed by atoms with Crippen molar-refractivity contribution in [3.8, 4) is 11.1 Å². The lowest BCUT2D eigenvalue weighted by molar-refractivity contribution is -0.311. The quantitative estimate of drug-likeness (QED) is 0.0718. The molecule has 10 heteroatoms. The highest BCUT2D eigenvalue weighted by Gasteiger charge is 2.65. The van der Waals surface area contributed by atoms with Crippen LogP contribution in [0.5, 0.6) is 0 Å². The number of carbonyl (C=O) groups is 2. The van der Waals surface area contributed by atoms with Gasteiger partial charge < -0.3 is 38.8 Å². The molecule has 2 N–H and O–H groups in total. The number of carbonyl (C=O) groups excluding carboxylic acids is 2. The van der Waals surface area contributed by atoms with Gasteiger partial charge in [0.05, 0.1) is 25.4 Å². The van der Waals surface area contributed by atoms with E-state index in [0.717, 1.165) is 49.7 Å². The highest BCUT2D eigenvalue weighted by molar-refractivity contribution is 5.79. The van der Waals surface area contributed by atoms with Crippen LogP contribution in [0.1, 0.15) is 96.6 Å². The van der Waals surface area contributed by atoms with Gasteiger partial charge in [0, 0.05) is 50.5 Å². The minimum Gasteiger partial charge on any atom is -0.457 e. The van der Waals surface area contributed by atoms with Crippen LogP contribution in [0.4, 0.5) is 4.79 Å². The Bertz CT molecular complexity index is 1290. The lowest BCUT2D eigenvalue weighted by Crippen LogP contribution is -2.72. The zero-order valence-corrected chi connectivity index (χ0v) is 30.7. The first-order valence-corrected chi connectivity index (χ1v) is 18.6. The number of aliphatic hydroxyl groups excluding tert-OH is 1. The van der Waals surface area contributed by atoms with Crippen molar-refractivity contribution in [2.75, 3.05) is 46.2 Å². The molecule has 2 aliphatic rings. The van der Waals surface area contributed by atoms with Gasteiger partial charge in [-0.2, -0.15) is 0 Å². The van der Waals surface area contributed by atoms with E-state index in [0.29, 0.717) is 32.8 Å². The molecule has 2 aromatic rings. The second-order valence-corrected chi connectivity index (χ2v) is 13.7. The van der Waals surface area contributed by atoms with Crippen molar-refractivity contribution in [1.29, 1.82) is 0 Å². The number of benzene rings is 2. The van der Waals surface area contributed by atoms with Crippen LogP contribution in [-0.2, 0) is 33.2 Å². The lowest BCUT2D eigenvalue weighted by atomic mass is 9.54. The summed E-state index contributed by atoms with van der Waals surface area (Å²) in [5, 5.41) is 14.1. The molecule has 0 aliphatic heterocycles. The van der Waals surface area contributed by atoms with Gasteiger partial charge in [0.15, 0.2) is 12.4 Å². The lowest BCUT2D eigenvalue weighted by Gasteiger charge is -2.60. The molecule has 1 amide bonds. The molecule has 2 unspecified atom stereocenters. The van der Waals surface area contributed by atoms with Crippen molar-refractivity contribution in [3.63, 3.8) is 0 Å². The first-order valence-electron chi connectivity index (χ1n) is 18.6. The Balaban J connectivity index is 1.33. The van der Waals surface area contributed by atoms with Crippen molar-refractivity contribution in [2.45, 2.75) is 110 Å². The van der Waals surface area contributed by atoms with Crippen LogP contribution in [0.25, 0.3) is 11.1 Å². The van der Waals surface area contributed by atoms with Gasteiger partial charge in [-0.15, -0.1) is 0 Å². The molecule has 0 aromatic heterocycles. The largest absolute Gasteiger partial charge is 0.457 e. The fourth-order valence-corrected chi connectivity index (χ4v) is 7.20. The van der Waals surface area contributed by atoms with E-state index in [2.05, 4.69) is 57.3 Å². The third-order valence-corrected chi connectivity index (χ3v) is 9.88. The minimum atomic E-state index is -1.41. The number of rotatable bonds is 23. The second kappa shape index (κ2) is 20.1. The number of aliphatic hydroxyl groups is 1. The maximum absolute atomic E-state index is 12.6. The van der Waals surface area contributed by atoms with E-state index in [4.69, 9.17) is 28.4 Å². The third-order valence-electron chi connectivity index (χ3n) is 9.88. The van der Waals surface area contributed by atoms with Gasteiger partial charge in [0.1, 0.15) is 6.61 Å². The summed E-state index contributed by atoms with van der Waals surface area (Å²) in [5.74, 6) is -0.970. The van der Waals surface area contributed by atoms with Gasteiger partial charge in [-0.05, 0) is 47.9 Å². The highest BCUT2D eigenvalue weighted by Crippen LogP contribution is 2.53. The zero-order chi connectivity index (χ0) is 35.9. The molecule has 50 heavy (non-hydrogen) atoms. The zero-order valence-electron chi connectivity index (χ0n) is 30.7. The van der Waals surface area contributed by atoms with Crippen molar-refractivity contribution >= 4 is 12.1 Å². The second-order valence-electron chi connectivity index (χ2n) is 13.7. The molecule has 2 aliphatic carbocycles. The molecule has 4 rings (SSSR count). The van der Waals surface area contributed by atoms with E-state index in [1.807, 2.05) is 24.3 Å². The molecular formula is C40H59NO9. The van der Waals surface area contributed by atoms with Crippen LogP contribution in [0, 0.1) is 11.3 Å². The van der Waals surface area contributed by atoms with E-state index in [1.165, 1.54) is 18.1 Å². The van der Waals surface area contributed by atoms with E-state index < -0.39 is 41.9 Å². The van der Waals surface area contributed by atoms with Crippen LogP contribution in [0.2, 0.25) is 0 Å². The fraction of sp³-hybridized carbons (Fsp3) is 0.650. The summed E-state index contributed by atoms with van der Waals surface area (Å²) in [6, 6.07) is 16.4. The molecule has 278 valence electrons. The Kier molecular flexibility index (Phi) is 16.0. The van der Waals surface area contributed by atoms with Crippen LogP contribution in [0.15, 0.2) is 48.5 Å². The average molecular weight is 698 g/mol. The Morgan fingerprint density at radius 3 is 2.06 bits per heavy atom. The van der Waals surface area contributed by atoms with Gasteiger partial charge in [-0.25, -0.2) is 4.79 Å². The van der Waals surface area contributed by atoms with Crippen LogP contribution in [0.3, 0.4) is 0 Å². The predicted octanol–water partition coefficient (Wildman–Crippen LogP) is 7.01. The summed E-state index contributed by atoms with van der Waals surface area (Å²) in [7, 11) is 0. The number of esters is 1. The molecular weight excluding hydrogens is 638 g/mol. The third kappa shape index (κ3) is 10.1. The maximum atomic E-state index is 12.6. The van der Waals surface area contributed by atoms with Gasteiger partial charge in [0.2, 0.25) is 0 Å². The van der Waals surface area contributed by atoms with Gasteiger partial charge in [-0.1, -0.05) is 95.5 Å². The summed E-state index contributed by atoms with van der Waals surface area (Å²) in [5.41, 5.74) is 4.05. The van der Waals surface area contributed by atoms with E-state index in [1.54, 1.807) is 0 Å². The van der Waals surface area contributed by atoms with Gasteiger partial charge >= 0.3 is 12.1 Å². The molecule has 0 bridgehead atoms. The highest BCUT2D eigenvalue weighted by atomic mass is 16.6. The molecule has 10 nitrogen and oxygen atoms in total. The van der Waals surface area contributed by atoms with E-state index in [-0.39, 0.29) is 31.8 Å². The summed E-state index contributed by atoms with van der Waals surface area (Å²) < 4.78 is 36.2. The molecule has 6 atom stereocenters. The standard InChI is InChI=1S/C40H59NO9/c1-6-9-22-45-27-40(5)34(35(46-23-10-7-2)37(40)47-24-11-8-3)36(50-28(4)42)38(43)48-25-16-21-41-39(44)49-26-33-31-19-14-12-17-29(31)30-18-13-15-20-32(30)33/h12-15,17-20,33-38,43H,6-11,16,21-27H2,1-5H3,(H,41,44)/t34?,35-,36-,37+,38-,40?/m1/s1. The van der Waals surface area contributed by atoms with Crippen molar-refractivity contribution in [1.82, 2.24) is 5.32 Å². The number of hydrogen-bond acceptors (Lipinski definition) is 9. The summed E-state index contributed by atoms with van der Waals surface area (Å²) >= 11 is 0. The topological polar surface area (TPSA) is 122 Å². The Morgan fingerprint density at radius 2 is 1.44 bits per heavy atom. The number of hydrogen-bond donors (Lipinski definition) is 2. The molecule has 0 radical (unpaired) electrons. The molecule has 0 spiro atoms. The van der Waals surface area contributed by atoms with Crippen LogP contribution in [-0.4, -0.2) is 88.0 Å². The van der Waals surface area contributed by atoms with Crippen LogP contribution >= 0.6 is 0 Å². The number of amides is 1. The Labute approximate surface area is 298 Å². The number of ether oxygens (including phenoxy) is 6. The normalized spacial score (nSPS) is 22.2. The molecule has 1 fully saturated rings. The number of unbranched alkanes of at least 4 members (excludes halogenated alkanes) is 3. The molecule has 0 heterocycles. The number of nitrogens with one attached hydrogen (secondary N) is 1. The fourth-order valence-electron chi connectivity index (χ4n) is 7.20. The monoisotopic (exact) mass is 697 g/mol. The number of fused-ring (bicyclic) bond motifs is 3. The van der Waals surface area contributed by atoms with Gasteiger partial charge in [0.25, 0.3) is 0 Å². The summed E-state index contributed by atoms with van der Waals surface area (Å²) in [6.07, 6.45) is 2.50. The van der Waals surface area contributed by atoms with Crippen molar-refractivity contribution in [2.24, 2.45) is 11.3 Å². The average Bonchev–Trinajstić information content (AvgIpc) is 3.43. The van der Waals surface area contributed by atoms with Crippen molar-refractivity contribution in [3.05, 3.63) is 59.7 Å². The first-order chi connectivity index (χ1) is 24.3. The minimum absolute atomic E-state index is 0.0227. The van der Waals surface area contributed by atoms with E-state index in [9.17, 15) is 14.7 Å². The van der Waals surface area contributed by atoms with Gasteiger partial charge in [-0.3, -0.25) is 4.79 Å².